The molecule has 9 nitrogen and oxygen atoms in total. The van der Waals surface area contributed by atoms with Gasteiger partial charge in [-0.05, 0) is 0 Å². The van der Waals surface area contributed by atoms with Crippen molar-refractivity contribution in [3.63, 3.8) is 0 Å². The zero-order valence-corrected chi connectivity index (χ0v) is 8.08. The maximum absolute atomic E-state index is 10.5. The van der Waals surface area contributed by atoms with E-state index in [1.54, 1.807) is 5.32 Å². The van der Waals surface area contributed by atoms with E-state index in [9.17, 15) is 19.2 Å². The first kappa shape index (κ1) is 14.2. The van der Waals surface area contributed by atoms with E-state index in [4.69, 9.17) is 20.4 Å². The molecule has 5 N–H and O–H groups in total. The molecule has 0 spiro atoms. The normalized spacial score (nSPS) is 11.8. The number of hydrogen-bond donors (Lipinski definition) is 5. The van der Waals surface area contributed by atoms with Crippen LogP contribution in [0.5, 0.6) is 0 Å². The monoisotopic (exact) mass is 245 g/mol. The van der Waals surface area contributed by atoms with Crippen LogP contribution < -0.4 is 5.32 Å². The summed E-state index contributed by atoms with van der Waals surface area (Å²) in [6.45, 7) is 0. The molecule has 0 atom stereocenters. The predicted octanol–water partition coefficient (Wildman–Crippen LogP) is -1.32. The minimum Gasteiger partial charge on any atom is -0.478 e. The molecule has 0 radical (unpaired) electrons. The van der Waals surface area contributed by atoms with Crippen molar-refractivity contribution in [3.05, 3.63) is 23.5 Å². The second-order valence-electron chi connectivity index (χ2n) is 2.53. The molecule has 0 aromatic heterocycles. The molecule has 0 aromatic carbocycles. The minimum absolute atomic E-state index is 0.195. The Hall–Kier alpha value is -2.84. The minimum atomic E-state index is -1.75. The third-order valence-electron chi connectivity index (χ3n) is 1.27. The lowest BCUT2D eigenvalue weighted by Crippen LogP contribution is -2.26. The van der Waals surface area contributed by atoms with Gasteiger partial charge in [-0.2, -0.15) is 0 Å². The van der Waals surface area contributed by atoms with Gasteiger partial charge in [0.25, 0.3) is 0 Å². The van der Waals surface area contributed by atoms with Crippen LogP contribution >= 0.6 is 0 Å². The van der Waals surface area contributed by atoms with E-state index in [-0.39, 0.29) is 12.2 Å². The molecule has 0 aliphatic heterocycles. The summed E-state index contributed by atoms with van der Waals surface area (Å²) in [5, 5.41) is 35.3. The first-order valence-electron chi connectivity index (χ1n) is 3.87. The molecule has 0 fully saturated rings. The Balaban J connectivity index is 5.22. The van der Waals surface area contributed by atoms with Crippen LogP contribution in [0.1, 0.15) is 0 Å². The van der Waals surface area contributed by atoms with Crippen LogP contribution in [0.4, 0.5) is 0 Å². The van der Waals surface area contributed by atoms with Gasteiger partial charge in [0, 0.05) is 0 Å². The van der Waals surface area contributed by atoms with E-state index in [2.05, 4.69) is 0 Å². The lowest BCUT2D eigenvalue weighted by Gasteiger charge is -2.05. The number of nitrogens with one attached hydrogen (secondary N) is 1. The molecule has 0 rings (SSSR count). The van der Waals surface area contributed by atoms with Crippen LogP contribution in [0.25, 0.3) is 0 Å². The molecule has 0 amide bonds. The Morgan fingerprint density at radius 3 is 1.18 bits per heavy atom. The largest absolute Gasteiger partial charge is 0.478 e. The van der Waals surface area contributed by atoms with Crippen LogP contribution in [-0.2, 0) is 19.2 Å². The predicted molar refractivity (Wildman–Crippen MR) is 49.8 cm³/mol. The Morgan fingerprint density at radius 1 is 0.706 bits per heavy atom. The number of rotatable bonds is 6. The summed E-state index contributed by atoms with van der Waals surface area (Å²) in [5.41, 5.74) is -1.96. The van der Waals surface area contributed by atoms with E-state index < -0.39 is 35.3 Å². The highest BCUT2D eigenvalue weighted by atomic mass is 16.4. The van der Waals surface area contributed by atoms with Gasteiger partial charge in [-0.25, -0.2) is 19.2 Å². The summed E-state index contributed by atoms with van der Waals surface area (Å²) < 4.78 is 0. The summed E-state index contributed by atoms with van der Waals surface area (Å²) in [6.07, 6.45) is 0.391. The van der Waals surface area contributed by atoms with E-state index in [1.807, 2.05) is 0 Å². The Bertz CT molecular complexity index is 393. The maximum Gasteiger partial charge on any atom is 0.352 e. The van der Waals surface area contributed by atoms with Crippen LogP contribution in [0, 0.1) is 0 Å². The number of carboxylic acid groups (broad SMARTS) is 4. The lowest BCUT2D eigenvalue weighted by molar-refractivity contribution is -0.136. The van der Waals surface area contributed by atoms with Gasteiger partial charge in [0.15, 0.2) is 0 Å². The molecular formula is C8H7NO8. The molecule has 92 valence electrons. The molecule has 0 aliphatic rings. The van der Waals surface area contributed by atoms with E-state index in [1.165, 1.54) is 0 Å². The van der Waals surface area contributed by atoms with E-state index >= 15 is 0 Å². The SMILES string of the molecule is O=C(O)C=C(NC(=CC(=O)O)C(=O)O)C(=O)O. The quantitative estimate of drug-likeness (QED) is 0.357. The van der Waals surface area contributed by atoms with Crippen molar-refractivity contribution in [2.24, 2.45) is 0 Å². The Kier molecular flexibility index (Phi) is 4.91. The molecular weight excluding hydrogens is 238 g/mol. The number of carboxylic acids is 4. The standard InChI is InChI=1S/C8H7NO8/c10-5(11)1-3(7(14)15)9-4(8(16)17)2-6(12)13/h1-2,9H,(H,10,11)(H,12,13)(H,14,15)(H,16,17). The van der Waals surface area contributed by atoms with Crippen LogP contribution in [-0.4, -0.2) is 44.3 Å². The van der Waals surface area contributed by atoms with Crippen LogP contribution in [0.15, 0.2) is 23.5 Å². The fourth-order valence-electron chi connectivity index (χ4n) is 0.695. The van der Waals surface area contributed by atoms with Crippen LogP contribution in [0.2, 0.25) is 0 Å². The van der Waals surface area contributed by atoms with Crippen molar-refractivity contribution >= 4 is 23.9 Å². The van der Waals surface area contributed by atoms with Crippen molar-refractivity contribution in [3.8, 4) is 0 Å². The van der Waals surface area contributed by atoms with Gasteiger partial charge in [-0.3, -0.25) is 0 Å². The van der Waals surface area contributed by atoms with Gasteiger partial charge in [0.2, 0.25) is 0 Å². The number of carbonyl (C=O) groups is 4. The first-order chi connectivity index (χ1) is 7.73. The summed E-state index contributed by atoms with van der Waals surface area (Å²) in [7, 11) is 0. The second-order valence-corrected chi connectivity index (χ2v) is 2.53. The van der Waals surface area contributed by atoms with E-state index in [0.29, 0.717) is 0 Å². The molecule has 0 heterocycles. The number of hydrogen-bond acceptors (Lipinski definition) is 5. The lowest BCUT2D eigenvalue weighted by atomic mass is 10.3. The highest BCUT2D eigenvalue weighted by Crippen LogP contribution is 1.98. The average Bonchev–Trinajstić information content (AvgIpc) is 2.13. The molecule has 0 aromatic rings. The Labute approximate surface area is 93.3 Å². The highest BCUT2D eigenvalue weighted by molar-refractivity contribution is 5.98. The fraction of sp³-hybridized carbons (Fsp3) is 0. The van der Waals surface area contributed by atoms with Gasteiger partial charge in [-0.15, -0.1) is 0 Å². The van der Waals surface area contributed by atoms with Crippen molar-refractivity contribution in [2.75, 3.05) is 0 Å². The molecule has 0 saturated carbocycles. The summed E-state index contributed by atoms with van der Waals surface area (Å²) >= 11 is 0. The van der Waals surface area contributed by atoms with E-state index in [0.717, 1.165) is 0 Å². The first-order valence-corrected chi connectivity index (χ1v) is 3.87. The smallest absolute Gasteiger partial charge is 0.352 e. The summed E-state index contributed by atoms with van der Waals surface area (Å²) in [5.74, 6) is -6.75. The van der Waals surface area contributed by atoms with Crippen molar-refractivity contribution in [1.82, 2.24) is 5.32 Å². The highest BCUT2D eigenvalue weighted by Gasteiger charge is 2.16. The zero-order chi connectivity index (χ0) is 13.6. The molecule has 0 saturated heterocycles. The van der Waals surface area contributed by atoms with Gasteiger partial charge < -0.3 is 25.7 Å². The second kappa shape index (κ2) is 5.90. The summed E-state index contributed by atoms with van der Waals surface area (Å²) in [6, 6.07) is 0. The third kappa shape index (κ3) is 5.57. The van der Waals surface area contributed by atoms with Crippen molar-refractivity contribution < 1.29 is 39.6 Å². The Morgan fingerprint density at radius 2 is 1.00 bits per heavy atom. The summed E-state index contributed by atoms with van der Waals surface area (Å²) in [4.78, 5) is 41.5. The molecule has 0 unspecified atom stereocenters. The number of aliphatic carboxylic acids is 4. The van der Waals surface area contributed by atoms with Gasteiger partial charge in [0.1, 0.15) is 11.4 Å². The average molecular weight is 245 g/mol. The van der Waals surface area contributed by atoms with Gasteiger partial charge >= 0.3 is 23.9 Å². The third-order valence-corrected chi connectivity index (χ3v) is 1.27. The fourth-order valence-corrected chi connectivity index (χ4v) is 0.695. The van der Waals surface area contributed by atoms with Gasteiger partial charge in [-0.1, -0.05) is 0 Å². The van der Waals surface area contributed by atoms with Crippen molar-refractivity contribution in [2.45, 2.75) is 0 Å². The molecule has 0 aliphatic carbocycles. The topological polar surface area (TPSA) is 161 Å². The van der Waals surface area contributed by atoms with Crippen LogP contribution in [0.3, 0.4) is 0 Å². The van der Waals surface area contributed by atoms with Crippen molar-refractivity contribution in [1.29, 1.82) is 0 Å². The van der Waals surface area contributed by atoms with Gasteiger partial charge in [0.05, 0.1) is 12.2 Å². The molecule has 17 heavy (non-hydrogen) atoms. The zero-order valence-electron chi connectivity index (χ0n) is 8.08. The maximum atomic E-state index is 10.5. The molecule has 0 bridgehead atoms. The molecule has 9 heteroatoms.